The van der Waals surface area contributed by atoms with Gasteiger partial charge in [-0.3, -0.25) is 9.97 Å². The molecule has 0 N–H and O–H groups in total. The molecule has 0 saturated carbocycles. The van der Waals surface area contributed by atoms with Crippen molar-refractivity contribution in [2.45, 2.75) is 0 Å². The van der Waals surface area contributed by atoms with E-state index in [2.05, 4.69) is 167 Å². The van der Waals surface area contributed by atoms with Crippen molar-refractivity contribution in [3.05, 3.63) is 328 Å². The lowest BCUT2D eigenvalue weighted by atomic mass is 10.0. The van der Waals surface area contributed by atoms with Gasteiger partial charge < -0.3 is 18.0 Å². The van der Waals surface area contributed by atoms with Crippen molar-refractivity contribution in [3.8, 4) is 102 Å². The summed E-state index contributed by atoms with van der Waals surface area (Å²) in [5, 5.41) is 9.17. The molecule has 0 radical (unpaired) electrons. The normalized spacial score (nSPS) is 11.6. The first-order valence-corrected chi connectivity index (χ1v) is 33.1. The van der Waals surface area contributed by atoms with Gasteiger partial charge in [0, 0.05) is 77.1 Å². The molecule has 12 heteroatoms. The highest BCUT2D eigenvalue weighted by atomic mass is 16.3. The summed E-state index contributed by atoms with van der Waals surface area (Å²) in [5.74, 6) is 3.53. The molecule has 0 aliphatic carbocycles. The fourth-order valence-electron chi connectivity index (χ4n) is 13.9. The van der Waals surface area contributed by atoms with Gasteiger partial charge in [0.05, 0.1) is 45.8 Å². The Balaban J connectivity index is 0.000000139. The van der Waals surface area contributed by atoms with E-state index in [0.717, 1.165) is 127 Å². The first kappa shape index (κ1) is 57.6. The van der Waals surface area contributed by atoms with E-state index in [4.69, 9.17) is 48.7 Å². The van der Waals surface area contributed by atoms with Gasteiger partial charge in [-0.2, -0.15) is 0 Å². The van der Waals surface area contributed by atoms with E-state index < -0.39 is 0 Å². The number of fused-ring (bicyclic) bond motifs is 12. The number of nitrogens with zero attached hydrogens (tertiary/aromatic N) is 10. The molecule has 468 valence electrons. The number of hydrogen-bond donors (Lipinski definition) is 0. The Bertz CT molecular complexity index is 6410. The molecule has 0 aliphatic rings. The fourth-order valence-corrected chi connectivity index (χ4v) is 13.9. The van der Waals surface area contributed by atoms with Crippen molar-refractivity contribution >= 4 is 87.5 Å². The third-order valence-corrected chi connectivity index (χ3v) is 18.6. The second-order valence-corrected chi connectivity index (χ2v) is 24.7. The van der Waals surface area contributed by atoms with Crippen molar-refractivity contribution < 1.29 is 8.83 Å². The van der Waals surface area contributed by atoms with Gasteiger partial charge in [-0.1, -0.05) is 231 Å². The van der Waals surface area contributed by atoms with E-state index in [1.807, 2.05) is 170 Å². The number of aromatic nitrogens is 10. The summed E-state index contributed by atoms with van der Waals surface area (Å²) in [7, 11) is 0. The molecule has 0 spiro atoms. The monoisotopic (exact) mass is 1280 g/mol. The molecule has 0 saturated heterocycles. The Kier molecular flexibility index (Phi) is 13.9. The minimum Gasteiger partial charge on any atom is -0.456 e. The zero-order valence-corrected chi connectivity index (χ0v) is 53.5. The lowest BCUT2D eigenvalue weighted by Crippen LogP contribution is -2.02. The van der Waals surface area contributed by atoms with Crippen LogP contribution in [0.2, 0.25) is 0 Å². The Morgan fingerprint density at radius 3 is 1.02 bits per heavy atom. The maximum Gasteiger partial charge on any atom is 0.182 e. The smallest absolute Gasteiger partial charge is 0.182 e. The Morgan fingerprint density at radius 2 is 0.570 bits per heavy atom. The molecule has 0 unspecified atom stereocenters. The van der Waals surface area contributed by atoms with Crippen LogP contribution in [-0.2, 0) is 0 Å². The van der Waals surface area contributed by atoms with Crippen LogP contribution in [0.15, 0.2) is 337 Å². The first-order chi connectivity index (χ1) is 49.5. The molecule has 100 heavy (non-hydrogen) atoms. The molecule has 0 amide bonds. The van der Waals surface area contributed by atoms with Crippen molar-refractivity contribution in [3.63, 3.8) is 0 Å². The molecule has 8 aromatic heterocycles. The molecule has 0 fully saturated rings. The van der Waals surface area contributed by atoms with Crippen LogP contribution in [0.25, 0.3) is 190 Å². The molecule has 12 aromatic carbocycles. The predicted molar refractivity (Wildman–Crippen MR) is 402 cm³/mol. The number of pyridine rings is 2. The van der Waals surface area contributed by atoms with E-state index in [1.165, 1.54) is 21.5 Å². The van der Waals surface area contributed by atoms with Gasteiger partial charge in [-0.25, -0.2) is 29.9 Å². The van der Waals surface area contributed by atoms with E-state index in [0.29, 0.717) is 40.6 Å². The minimum absolute atomic E-state index is 0.524. The van der Waals surface area contributed by atoms with Crippen LogP contribution in [0.1, 0.15) is 0 Å². The van der Waals surface area contributed by atoms with Gasteiger partial charge >= 0.3 is 0 Å². The van der Waals surface area contributed by atoms with Crippen molar-refractivity contribution in [1.29, 1.82) is 0 Å². The van der Waals surface area contributed by atoms with Crippen LogP contribution < -0.4 is 0 Å². The standard InChI is InChI=1S/2C44H27N5O/c1-3-11-28(12-4-1)42-46-43(29-13-5-2-6-14-29)48-44(47-42)37-23-21-32(27-45-37)49-38-17-9-7-15-33(38)34-22-19-31(26-39(34)49)30-20-24-41-36(25-30)35-16-8-10-18-40(35)50-41;1-3-11-28(12-4-1)42-46-43(29-13-5-2-6-14-29)48-44(47-42)32-23-33(27-45-26-32)49-38-17-9-7-15-34(38)35-21-19-31(25-39(35)49)30-20-22-41-37(24-30)36-16-8-10-18-40(36)50-41/h2*1-27H. The zero-order chi connectivity index (χ0) is 66.0. The Labute approximate surface area is 572 Å². The lowest BCUT2D eigenvalue weighted by molar-refractivity contribution is 0.668. The summed E-state index contributed by atoms with van der Waals surface area (Å²) in [6, 6.07) is 106. The molecule has 0 bridgehead atoms. The largest absolute Gasteiger partial charge is 0.456 e. The minimum atomic E-state index is 0.524. The van der Waals surface area contributed by atoms with Crippen LogP contribution >= 0.6 is 0 Å². The third-order valence-electron chi connectivity index (χ3n) is 18.6. The van der Waals surface area contributed by atoms with Gasteiger partial charge in [0.2, 0.25) is 0 Å². The molecular formula is C88H54N10O2. The van der Waals surface area contributed by atoms with Crippen LogP contribution in [0.3, 0.4) is 0 Å². The third kappa shape index (κ3) is 10.3. The van der Waals surface area contributed by atoms with Crippen molar-refractivity contribution in [2.75, 3.05) is 0 Å². The fraction of sp³-hybridized carbons (Fsp3) is 0. The zero-order valence-electron chi connectivity index (χ0n) is 53.5. The van der Waals surface area contributed by atoms with Crippen LogP contribution in [-0.4, -0.2) is 49.0 Å². The first-order valence-electron chi connectivity index (χ1n) is 33.1. The molecule has 12 nitrogen and oxygen atoms in total. The van der Waals surface area contributed by atoms with Gasteiger partial charge in [0.25, 0.3) is 0 Å². The second-order valence-electron chi connectivity index (χ2n) is 24.7. The van der Waals surface area contributed by atoms with Gasteiger partial charge in [-0.05, 0) is 101 Å². The molecule has 20 aromatic rings. The van der Waals surface area contributed by atoms with Crippen molar-refractivity contribution in [1.82, 2.24) is 49.0 Å². The van der Waals surface area contributed by atoms with Gasteiger partial charge in [-0.15, -0.1) is 0 Å². The van der Waals surface area contributed by atoms with Crippen LogP contribution in [0.4, 0.5) is 0 Å². The highest BCUT2D eigenvalue weighted by Crippen LogP contribution is 2.41. The lowest BCUT2D eigenvalue weighted by Gasteiger charge is -2.11. The average molecular weight is 1280 g/mol. The molecule has 8 heterocycles. The average Bonchev–Trinajstić information content (AvgIpc) is 1.59. The molecule has 20 rings (SSSR count). The topological polar surface area (TPSA) is 139 Å². The van der Waals surface area contributed by atoms with E-state index in [1.54, 1.807) is 0 Å². The maximum atomic E-state index is 6.12. The van der Waals surface area contributed by atoms with Crippen molar-refractivity contribution in [2.24, 2.45) is 0 Å². The van der Waals surface area contributed by atoms with E-state index in [9.17, 15) is 0 Å². The Morgan fingerprint density at radius 1 is 0.210 bits per heavy atom. The Hall–Kier alpha value is -13.8. The highest BCUT2D eigenvalue weighted by molar-refractivity contribution is 6.13. The number of benzene rings is 12. The number of rotatable bonds is 10. The van der Waals surface area contributed by atoms with Gasteiger partial charge in [0.15, 0.2) is 34.9 Å². The summed E-state index contributed by atoms with van der Waals surface area (Å²) in [4.78, 5) is 39.1. The SMILES string of the molecule is c1ccc(-c2nc(-c3ccccc3)nc(-c3ccc(-n4c5ccccc5c5ccc(-c6ccc7oc8ccccc8c7c6)cc54)cn3)n2)cc1.c1ccc(-c2nc(-c3ccccc3)nc(-c3cncc(-n4c5ccccc5c5ccc(-c6ccc7oc8ccccc8c7c6)cc54)c3)n2)cc1. The summed E-state index contributed by atoms with van der Waals surface area (Å²) in [5.41, 5.74) is 19.5. The summed E-state index contributed by atoms with van der Waals surface area (Å²) in [6.07, 6.45) is 5.64. The van der Waals surface area contributed by atoms with E-state index >= 15 is 0 Å². The van der Waals surface area contributed by atoms with Gasteiger partial charge in [0.1, 0.15) is 28.0 Å². The molecule has 0 atom stereocenters. The number of furan rings is 2. The second kappa shape index (κ2) is 24.1. The quantitative estimate of drug-likeness (QED) is 0.130. The predicted octanol–water partition coefficient (Wildman–Crippen LogP) is 21.9. The van der Waals surface area contributed by atoms with Crippen LogP contribution in [0.5, 0.6) is 0 Å². The summed E-state index contributed by atoms with van der Waals surface area (Å²) >= 11 is 0. The summed E-state index contributed by atoms with van der Waals surface area (Å²) < 4.78 is 16.8. The number of hydrogen-bond acceptors (Lipinski definition) is 10. The van der Waals surface area contributed by atoms with Crippen LogP contribution in [0, 0.1) is 0 Å². The highest BCUT2D eigenvalue weighted by Gasteiger charge is 2.21. The summed E-state index contributed by atoms with van der Waals surface area (Å²) in [6.45, 7) is 0. The maximum absolute atomic E-state index is 6.12. The molecular weight excluding hydrogens is 1230 g/mol. The van der Waals surface area contributed by atoms with E-state index in [-0.39, 0.29) is 0 Å². The molecule has 0 aliphatic heterocycles. The number of para-hydroxylation sites is 4.